The maximum absolute atomic E-state index is 12.5. The summed E-state index contributed by atoms with van der Waals surface area (Å²) in [6, 6.07) is 12.4. The van der Waals surface area contributed by atoms with Crippen molar-refractivity contribution in [3.63, 3.8) is 0 Å². The number of nitrogens with zero attached hydrogens (tertiary/aromatic N) is 3. The van der Waals surface area contributed by atoms with Gasteiger partial charge < -0.3 is 15.5 Å². The van der Waals surface area contributed by atoms with E-state index in [1.54, 1.807) is 18.2 Å². The third-order valence-corrected chi connectivity index (χ3v) is 4.87. The number of likely N-dealkylation sites (tertiary alicyclic amines) is 1. The van der Waals surface area contributed by atoms with E-state index >= 15 is 0 Å². The van der Waals surface area contributed by atoms with Gasteiger partial charge in [-0.25, -0.2) is 4.79 Å². The molecule has 0 saturated carbocycles. The molecule has 1 saturated heterocycles. The summed E-state index contributed by atoms with van der Waals surface area (Å²) in [5, 5.41) is 16.1. The van der Waals surface area contributed by atoms with Crippen LogP contribution in [0, 0.1) is 0 Å². The number of hydrogen-bond donors (Lipinski definition) is 3. The molecule has 2 aromatic carbocycles. The summed E-state index contributed by atoms with van der Waals surface area (Å²) in [6.07, 6.45) is 3.35. The molecule has 28 heavy (non-hydrogen) atoms. The molecule has 2 heterocycles. The number of carbonyl (C=O) groups excluding carboxylic acids is 2. The van der Waals surface area contributed by atoms with Gasteiger partial charge in [0, 0.05) is 30.9 Å². The summed E-state index contributed by atoms with van der Waals surface area (Å²) >= 11 is 0. The largest absolute Gasteiger partial charge is 0.339 e. The second-order valence-electron chi connectivity index (χ2n) is 6.88. The predicted molar refractivity (Wildman–Crippen MR) is 106 cm³/mol. The number of piperidine rings is 1. The Kier molecular flexibility index (Phi) is 5.18. The number of fused-ring (bicyclic) bond motifs is 1. The van der Waals surface area contributed by atoms with Crippen LogP contribution in [0.3, 0.4) is 0 Å². The molecule has 1 aliphatic heterocycles. The number of anilines is 1. The lowest BCUT2D eigenvalue weighted by atomic mass is 10.1. The van der Waals surface area contributed by atoms with Crippen LogP contribution in [0.15, 0.2) is 42.5 Å². The highest BCUT2D eigenvalue weighted by molar-refractivity contribution is 5.94. The summed E-state index contributed by atoms with van der Waals surface area (Å²) in [4.78, 5) is 26.5. The molecule has 3 N–H and O–H groups in total. The number of hydrogen-bond acceptors (Lipinski definition) is 4. The number of urea groups is 1. The molecule has 3 aromatic rings. The van der Waals surface area contributed by atoms with Crippen molar-refractivity contribution in [1.29, 1.82) is 0 Å². The molecule has 0 unspecified atom stereocenters. The highest BCUT2D eigenvalue weighted by Crippen LogP contribution is 2.15. The van der Waals surface area contributed by atoms with Crippen LogP contribution in [0.4, 0.5) is 10.5 Å². The number of amides is 3. The van der Waals surface area contributed by atoms with Crippen molar-refractivity contribution in [3.05, 3.63) is 53.6 Å². The molecular formula is C20H22N6O2. The van der Waals surface area contributed by atoms with Crippen LogP contribution in [0.1, 0.15) is 35.2 Å². The first-order valence-corrected chi connectivity index (χ1v) is 9.43. The standard InChI is InChI=1S/C20H22N6O2/c27-19(26-10-2-1-3-11-26)15-6-4-14(5-7-15)13-21-20(28)22-16-8-9-17-18(12-16)24-25-23-17/h4-9,12H,1-3,10-11,13H2,(H2,21,22,28)(H,23,24,25). The Morgan fingerprint density at radius 3 is 2.50 bits per heavy atom. The van der Waals surface area contributed by atoms with E-state index in [-0.39, 0.29) is 11.9 Å². The molecule has 8 nitrogen and oxygen atoms in total. The first-order chi connectivity index (χ1) is 13.7. The van der Waals surface area contributed by atoms with Crippen molar-refractivity contribution in [2.24, 2.45) is 0 Å². The zero-order valence-electron chi connectivity index (χ0n) is 15.4. The van der Waals surface area contributed by atoms with Gasteiger partial charge in [-0.15, -0.1) is 0 Å². The Morgan fingerprint density at radius 1 is 0.964 bits per heavy atom. The van der Waals surface area contributed by atoms with E-state index in [1.807, 2.05) is 29.2 Å². The number of carbonyl (C=O) groups is 2. The molecule has 0 spiro atoms. The van der Waals surface area contributed by atoms with Gasteiger partial charge in [0.2, 0.25) is 0 Å². The Balaban J connectivity index is 1.30. The fraction of sp³-hybridized carbons (Fsp3) is 0.300. The minimum Gasteiger partial charge on any atom is -0.339 e. The van der Waals surface area contributed by atoms with Crippen molar-refractivity contribution >= 4 is 28.7 Å². The van der Waals surface area contributed by atoms with Crippen LogP contribution in [-0.4, -0.2) is 45.3 Å². The van der Waals surface area contributed by atoms with Gasteiger partial charge in [-0.1, -0.05) is 12.1 Å². The fourth-order valence-corrected chi connectivity index (χ4v) is 3.32. The van der Waals surface area contributed by atoms with Crippen molar-refractivity contribution in [1.82, 2.24) is 25.6 Å². The summed E-state index contributed by atoms with van der Waals surface area (Å²) in [5.74, 6) is 0.0835. The minimum atomic E-state index is -0.309. The Labute approximate surface area is 162 Å². The van der Waals surface area contributed by atoms with Gasteiger partial charge in [-0.2, -0.15) is 15.4 Å². The predicted octanol–water partition coefficient (Wildman–Crippen LogP) is 2.91. The summed E-state index contributed by atoms with van der Waals surface area (Å²) in [6.45, 7) is 2.04. The average Bonchev–Trinajstić information content (AvgIpc) is 3.21. The molecule has 0 radical (unpaired) electrons. The first-order valence-electron chi connectivity index (χ1n) is 9.43. The molecule has 1 fully saturated rings. The van der Waals surface area contributed by atoms with Crippen molar-refractivity contribution in [2.45, 2.75) is 25.8 Å². The molecular weight excluding hydrogens is 356 g/mol. The first kappa shape index (κ1) is 18.0. The van der Waals surface area contributed by atoms with Gasteiger partial charge in [0.05, 0.1) is 0 Å². The smallest absolute Gasteiger partial charge is 0.319 e. The Morgan fingerprint density at radius 2 is 1.71 bits per heavy atom. The summed E-state index contributed by atoms with van der Waals surface area (Å²) in [5.41, 5.74) is 3.69. The quantitative estimate of drug-likeness (QED) is 0.649. The molecule has 8 heteroatoms. The number of nitrogens with one attached hydrogen (secondary N) is 3. The maximum Gasteiger partial charge on any atom is 0.319 e. The number of rotatable bonds is 4. The van der Waals surface area contributed by atoms with E-state index in [4.69, 9.17) is 0 Å². The highest BCUT2D eigenvalue weighted by Gasteiger charge is 2.17. The average molecular weight is 378 g/mol. The number of H-pyrrole nitrogens is 1. The van der Waals surface area contributed by atoms with E-state index in [9.17, 15) is 9.59 Å². The lowest BCUT2D eigenvalue weighted by molar-refractivity contribution is 0.0724. The zero-order chi connectivity index (χ0) is 19.3. The number of aromatic nitrogens is 3. The monoisotopic (exact) mass is 378 g/mol. The van der Waals surface area contributed by atoms with Gasteiger partial charge >= 0.3 is 6.03 Å². The van der Waals surface area contributed by atoms with E-state index in [0.29, 0.717) is 23.3 Å². The van der Waals surface area contributed by atoms with E-state index in [2.05, 4.69) is 26.0 Å². The van der Waals surface area contributed by atoms with Crippen molar-refractivity contribution in [2.75, 3.05) is 18.4 Å². The summed E-state index contributed by atoms with van der Waals surface area (Å²) < 4.78 is 0. The van der Waals surface area contributed by atoms with Crippen LogP contribution >= 0.6 is 0 Å². The lowest BCUT2D eigenvalue weighted by Gasteiger charge is -2.26. The third kappa shape index (κ3) is 4.11. The zero-order valence-corrected chi connectivity index (χ0v) is 15.4. The topological polar surface area (TPSA) is 103 Å². The van der Waals surface area contributed by atoms with Gasteiger partial charge in [-0.3, -0.25) is 4.79 Å². The van der Waals surface area contributed by atoms with Crippen LogP contribution < -0.4 is 10.6 Å². The number of benzene rings is 2. The van der Waals surface area contributed by atoms with Crippen LogP contribution in [-0.2, 0) is 6.54 Å². The van der Waals surface area contributed by atoms with Crippen molar-refractivity contribution in [3.8, 4) is 0 Å². The second kappa shape index (κ2) is 8.08. The number of aromatic amines is 1. The molecule has 0 atom stereocenters. The van der Waals surface area contributed by atoms with Crippen LogP contribution in [0.2, 0.25) is 0 Å². The normalized spacial score (nSPS) is 14.1. The summed E-state index contributed by atoms with van der Waals surface area (Å²) in [7, 11) is 0. The SMILES string of the molecule is O=C(NCc1ccc(C(=O)N2CCCCC2)cc1)Nc1ccc2n[nH]nc2c1. The van der Waals surface area contributed by atoms with Gasteiger partial charge in [0.25, 0.3) is 5.91 Å². The third-order valence-electron chi connectivity index (χ3n) is 4.87. The molecule has 144 valence electrons. The van der Waals surface area contributed by atoms with Crippen LogP contribution in [0.5, 0.6) is 0 Å². The minimum absolute atomic E-state index is 0.0835. The second-order valence-corrected chi connectivity index (χ2v) is 6.88. The van der Waals surface area contributed by atoms with Gasteiger partial charge in [0.15, 0.2) is 0 Å². The molecule has 1 aromatic heterocycles. The Hall–Kier alpha value is -3.42. The van der Waals surface area contributed by atoms with E-state index in [0.717, 1.165) is 37.0 Å². The highest BCUT2D eigenvalue weighted by atomic mass is 16.2. The molecule has 0 bridgehead atoms. The Bertz CT molecular complexity index is 976. The molecule has 3 amide bonds. The fourth-order valence-electron chi connectivity index (χ4n) is 3.32. The molecule has 4 rings (SSSR count). The maximum atomic E-state index is 12.5. The van der Waals surface area contributed by atoms with E-state index < -0.39 is 0 Å². The van der Waals surface area contributed by atoms with E-state index in [1.165, 1.54) is 6.42 Å². The molecule has 0 aliphatic carbocycles. The molecule has 1 aliphatic rings. The van der Waals surface area contributed by atoms with Gasteiger partial charge in [-0.05, 0) is 55.2 Å². The van der Waals surface area contributed by atoms with Crippen molar-refractivity contribution < 1.29 is 9.59 Å². The lowest BCUT2D eigenvalue weighted by Crippen LogP contribution is -2.35. The van der Waals surface area contributed by atoms with Gasteiger partial charge in [0.1, 0.15) is 11.0 Å². The van der Waals surface area contributed by atoms with Crippen LogP contribution in [0.25, 0.3) is 11.0 Å².